The molecule has 0 aliphatic rings. The number of aliphatic hydroxyl groups excluding tert-OH is 1. The maximum absolute atomic E-state index is 11.9. The fraction of sp³-hybridized carbons (Fsp3) is 0.278. The first-order valence-electron chi connectivity index (χ1n) is 7.35. The highest BCUT2D eigenvalue weighted by molar-refractivity contribution is 5.94. The van der Waals surface area contributed by atoms with Crippen molar-refractivity contribution in [2.45, 2.75) is 13.5 Å². The largest absolute Gasteiger partial charge is 0.489 e. The van der Waals surface area contributed by atoms with Crippen LogP contribution in [0.2, 0.25) is 0 Å². The van der Waals surface area contributed by atoms with Crippen molar-refractivity contribution in [3.8, 4) is 5.75 Å². The molecule has 2 N–H and O–H groups in total. The molecule has 22 heavy (non-hydrogen) atoms. The molecule has 2 rings (SSSR count). The average molecular weight is 299 g/mol. The van der Waals surface area contributed by atoms with E-state index in [0.29, 0.717) is 18.7 Å². The van der Waals surface area contributed by atoms with E-state index in [1.54, 1.807) is 24.3 Å². The van der Waals surface area contributed by atoms with Crippen molar-refractivity contribution in [2.24, 2.45) is 5.92 Å². The van der Waals surface area contributed by atoms with Crippen molar-refractivity contribution in [3.63, 3.8) is 0 Å². The van der Waals surface area contributed by atoms with E-state index < -0.39 is 0 Å². The van der Waals surface area contributed by atoms with Gasteiger partial charge in [-0.2, -0.15) is 0 Å². The molecule has 0 heterocycles. The zero-order valence-electron chi connectivity index (χ0n) is 12.7. The monoisotopic (exact) mass is 299 g/mol. The summed E-state index contributed by atoms with van der Waals surface area (Å²) in [6.45, 7) is 2.90. The molecule has 0 radical (unpaired) electrons. The van der Waals surface area contributed by atoms with Crippen LogP contribution in [0.3, 0.4) is 0 Å². The molecule has 4 nitrogen and oxygen atoms in total. The van der Waals surface area contributed by atoms with Crippen molar-refractivity contribution in [3.05, 3.63) is 65.7 Å². The van der Waals surface area contributed by atoms with Crippen molar-refractivity contribution >= 4 is 5.91 Å². The SMILES string of the molecule is CC(CO)CNC(=O)c1ccc(OCc2ccccc2)cc1. The number of carbonyl (C=O) groups is 1. The lowest BCUT2D eigenvalue weighted by molar-refractivity contribution is 0.0942. The lowest BCUT2D eigenvalue weighted by atomic mass is 10.1. The third kappa shape index (κ3) is 4.90. The number of amides is 1. The molecule has 116 valence electrons. The van der Waals surface area contributed by atoms with Crippen molar-refractivity contribution in [1.29, 1.82) is 0 Å². The van der Waals surface area contributed by atoms with Crippen LogP contribution in [0.5, 0.6) is 5.75 Å². The Hall–Kier alpha value is -2.33. The summed E-state index contributed by atoms with van der Waals surface area (Å²) in [6, 6.07) is 17.0. The number of carbonyl (C=O) groups excluding carboxylic acids is 1. The Labute approximate surface area is 130 Å². The minimum absolute atomic E-state index is 0.0532. The van der Waals surface area contributed by atoms with Crippen LogP contribution in [-0.2, 0) is 6.61 Å². The van der Waals surface area contributed by atoms with Crippen molar-refractivity contribution in [2.75, 3.05) is 13.2 Å². The van der Waals surface area contributed by atoms with Crippen molar-refractivity contribution in [1.82, 2.24) is 5.32 Å². The standard InChI is InChI=1S/C18H21NO3/c1-14(12-20)11-19-18(21)16-7-9-17(10-8-16)22-13-15-5-3-2-4-6-15/h2-10,14,20H,11-13H2,1H3,(H,19,21). The van der Waals surface area contributed by atoms with Gasteiger partial charge in [0.1, 0.15) is 12.4 Å². The maximum atomic E-state index is 11.9. The van der Waals surface area contributed by atoms with Gasteiger partial charge in [0.15, 0.2) is 0 Å². The number of nitrogens with one attached hydrogen (secondary N) is 1. The zero-order chi connectivity index (χ0) is 15.8. The number of aliphatic hydroxyl groups is 1. The van der Waals surface area contributed by atoms with E-state index >= 15 is 0 Å². The van der Waals surface area contributed by atoms with Gasteiger partial charge < -0.3 is 15.2 Å². The molecule has 0 saturated carbocycles. The molecule has 2 aromatic rings. The summed E-state index contributed by atoms with van der Waals surface area (Å²) in [6.07, 6.45) is 0. The lowest BCUT2D eigenvalue weighted by Crippen LogP contribution is -2.29. The van der Waals surface area contributed by atoms with Gasteiger partial charge in [-0.1, -0.05) is 37.3 Å². The van der Waals surface area contributed by atoms with Crippen LogP contribution < -0.4 is 10.1 Å². The van der Waals surface area contributed by atoms with Gasteiger partial charge in [0.05, 0.1) is 0 Å². The summed E-state index contributed by atoms with van der Waals surface area (Å²) in [5, 5.41) is 11.7. The van der Waals surface area contributed by atoms with E-state index in [2.05, 4.69) is 5.32 Å². The van der Waals surface area contributed by atoms with Gasteiger partial charge >= 0.3 is 0 Å². The molecule has 0 aromatic heterocycles. The Morgan fingerprint density at radius 2 is 1.82 bits per heavy atom. The Bertz CT molecular complexity index is 581. The summed E-state index contributed by atoms with van der Waals surface area (Å²) in [7, 11) is 0. The smallest absolute Gasteiger partial charge is 0.251 e. The van der Waals surface area contributed by atoms with Crippen LogP contribution in [0, 0.1) is 5.92 Å². The maximum Gasteiger partial charge on any atom is 0.251 e. The third-order valence-electron chi connectivity index (χ3n) is 3.29. The second-order valence-electron chi connectivity index (χ2n) is 5.30. The zero-order valence-corrected chi connectivity index (χ0v) is 12.7. The number of hydrogen-bond donors (Lipinski definition) is 2. The van der Waals surface area contributed by atoms with Gasteiger partial charge in [0.25, 0.3) is 5.91 Å². The van der Waals surface area contributed by atoms with Gasteiger partial charge in [-0.3, -0.25) is 4.79 Å². The van der Waals surface area contributed by atoms with E-state index in [4.69, 9.17) is 9.84 Å². The quantitative estimate of drug-likeness (QED) is 0.826. The molecule has 0 fully saturated rings. The molecule has 0 saturated heterocycles. The first-order valence-corrected chi connectivity index (χ1v) is 7.35. The normalized spacial score (nSPS) is 11.7. The molecule has 1 amide bonds. The number of rotatable bonds is 7. The van der Waals surface area contributed by atoms with E-state index in [-0.39, 0.29) is 18.4 Å². The average Bonchev–Trinajstić information content (AvgIpc) is 2.59. The second-order valence-corrected chi connectivity index (χ2v) is 5.30. The minimum atomic E-state index is -0.144. The van der Waals surface area contributed by atoms with Crippen LogP contribution in [0.4, 0.5) is 0 Å². The molecule has 0 bridgehead atoms. The Balaban J connectivity index is 1.86. The topological polar surface area (TPSA) is 58.6 Å². The van der Waals surface area contributed by atoms with Crippen LogP contribution >= 0.6 is 0 Å². The van der Waals surface area contributed by atoms with Crippen LogP contribution in [0.25, 0.3) is 0 Å². The van der Waals surface area contributed by atoms with E-state index in [0.717, 1.165) is 11.3 Å². The second kappa shape index (κ2) is 8.20. The van der Waals surface area contributed by atoms with Gasteiger partial charge in [-0.25, -0.2) is 0 Å². The predicted octanol–water partition coefficient (Wildman–Crippen LogP) is 2.62. The highest BCUT2D eigenvalue weighted by atomic mass is 16.5. The van der Waals surface area contributed by atoms with Crippen molar-refractivity contribution < 1.29 is 14.6 Å². The number of hydrogen-bond acceptors (Lipinski definition) is 3. The highest BCUT2D eigenvalue weighted by Crippen LogP contribution is 2.14. The van der Waals surface area contributed by atoms with E-state index in [9.17, 15) is 4.79 Å². The number of ether oxygens (including phenoxy) is 1. The predicted molar refractivity (Wildman–Crippen MR) is 85.8 cm³/mol. The van der Waals surface area contributed by atoms with Gasteiger partial charge in [-0.15, -0.1) is 0 Å². The summed E-state index contributed by atoms with van der Waals surface area (Å²) in [5.41, 5.74) is 1.68. The summed E-state index contributed by atoms with van der Waals surface area (Å²) < 4.78 is 5.68. The summed E-state index contributed by atoms with van der Waals surface area (Å²) in [4.78, 5) is 11.9. The highest BCUT2D eigenvalue weighted by Gasteiger charge is 2.07. The molecule has 2 aromatic carbocycles. The summed E-state index contributed by atoms with van der Waals surface area (Å²) in [5.74, 6) is 0.636. The first-order chi connectivity index (χ1) is 10.7. The fourth-order valence-corrected chi connectivity index (χ4v) is 1.88. The molecule has 0 aliphatic carbocycles. The van der Waals surface area contributed by atoms with E-state index in [1.807, 2.05) is 37.3 Å². The van der Waals surface area contributed by atoms with E-state index in [1.165, 1.54) is 0 Å². The Morgan fingerprint density at radius 1 is 1.14 bits per heavy atom. The molecule has 0 aliphatic heterocycles. The van der Waals surface area contributed by atoms with Gasteiger partial charge in [0.2, 0.25) is 0 Å². The fourth-order valence-electron chi connectivity index (χ4n) is 1.88. The number of benzene rings is 2. The molecule has 1 atom stereocenters. The molecule has 4 heteroatoms. The molecular formula is C18H21NO3. The lowest BCUT2D eigenvalue weighted by Gasteiger charge is -2.10. The Morgan fingerprint density at radius 3 is 2.45 bits per heavy atom. The molecule has 0 spiro atoms. The molecule has 1 unspecified atom stereocenters. The molecular weight excluding hydrogens is 278 g/mol. The first kappa shape index (κ1) is 16.0. The Kier molecular flexibility index (Phi) is 5.98. The van der Waals surface area contributed by atoms with Crippen LogP contribution in [0.15, 0.2) is 54.6 Å². The third-order valence-corrected chi connectivity index (χ3v) is 3.29. The minimum Gasteiger partial charge on any atom is -0.489 e. The van der Waals surface area contributed by atoms with Gasteiger partial charge in [0, 0.05) is 18.7 Å². The van der Waals surface area contributed by atoms with Crippen LogP contribution in [-0.4, -0.2) is 24.2 Å². The summed E-state index contributed by atoms with van der Waals surface area (Å²) >= 11 is 0. The van der Waals surface area contributed by atoms with Gasteiger partial charge in [-0.05, 0) is 35.7 Å². The van der Waals surface area contributed by atoms with Crippen LogP contribution in [0.1, 0.15) is 22.8 Å².